The number of aromatic nitrogens is 1. The van der Waals surface area contributed by atoms with Gasteiger partial charge in [0.05, 0.1) is 11.9 Å². The summed E-state index contributed by atoms with van der Waals surface area (Å²) in [5, 5.41) is 2.36. The normalized spacial score (nSPS) is 12.2. The van der Waals surface area contributed by atoms with E-state index in [1.54, 1.807) is 20.8 Å². The molecule has 0 aliphatic carbocycles. The molecular formula is C10H13LiN2O4S. The summed E-state index contributed by atoms with van der Waals surface area (Å²) >= 11 is -2.37. The largest absolute Gasteiger partial charge is 1.00 e. The summed E-state index contributed by atoms with van der Waals surface area (Å²) in [4.78, 5) is 15.0. The number of rotatable bonds is 2. The van der Waals surface area contributed by atoms with Gasteiger partial charge in [-0.05, 0) is 44.0 Å². The Morgan fingerprint density at radius 1 is 1.44 bits per heavy atom. The van der Waals surface area contributed by atoms with Gasteiger partial charge in [0.1, 0.15) is 10.6 Å². The first-order chi connectivity index (χ1) is 7.78. The number of ether oxygens (including phenoxy) is 1. The third kappa shape index (κ3) is 6.17. The Bertz CT molecular complexity index is 430. The molecule has 0 saturated heterocycles. The van der Waals surface area contributed by atoms with Gasteiger partial charge in [-0.1, -0.05) is 0 Å². The van der Waals surface area contributed by atoms with Crippen LogP contribution in [-0.4, -0.2) is 25.4 Å². The number of nitrogens with one attached hydrogen (secondary N) is 1. The Morgan fingerprint density at radius 3 is 2.44 bits per heavy atom. The van der Waals surface area contributed by atoms with Crippen molar-refractivity contribution in [3.05, 3.63) is 18.3 Å². The molecule has 6 nitrogen and oxygen atoms in total. The Balaban J connectivity index is 0.00000289. The van der Waals surface area contributed by atoms with Crippen molar-refractivity contribution in [1.82, 2.24) is 4.98 Å². The van der Waals surface area contributed by atoms with E-state index in [1.165, 1.54) is 18.3 Å². The zero-order chi connectivity index (χ0) is 13.1. The molecule has 1 aromatic heterocycles. The molecule has 0 radical (unpaired) electrons. The summed E-state index contributed by atoms with van der Waals surface area (Å²) in [5.74, 6) is 0. The second kappa shape index (κ2) is 6.90. The number of hydrogen-bond donors (Lipinski definition) is 1. The maximum Gasteiger partial charge on any atom is 1.00 e. The molecule has 1 amide bonds. The van der Waals surface area contributed by atoms with Crippen LogP contribution in [-0.2, 0) is 15.8 Å². The SMILES string of the molecule is CC(C)(C)OC(=O)Nc1ccc(S(=O)[O-])nc1.[Li+]. The Labute approximate surface area is 120 Å². The van der Waals surface area contributed by atoms with Crippen LogP contribution in [0.3, 0.4) is 0 Å². The molecule has 1 unspecified atom stereocenters. The van der Waals surface area contributed by atoms with Crippen molar-refractivity contribution in [2.24, 2.45) is 0 Å². The van der Waals surface area contributed by atoms with E-state index in [-0.39, 0.29) is 23.9 Å². The Hall–Kier alpha value is -0.873. The molecule has 1 N–H and O–H groups in total. The van der Waals surface area contributed by atoms with E-state index in [1.807, 2.05) is 0 Å². The first kappa shape index (κ1) is 17.1. The van der Waals surface area contributed by atoms with Crippen molar-refractivity contribution in [1.29, 1.82) is 0 Å². The van der Waals surface area contributed by atoms with Crippen molar-refractivity contribution >= 4 is 22.9 Å². The van der Waals surface area contributed by atoms with Gasteiger partial charge >= 0.3 is 25.0 Å². The van der Waals surface area contributed by atoms with Gasteiger partial charge in [0, 0.05) is 0 Å². The predicted molar refractivity (Wildman–Crippen MR) is 61.3 cm³/mol. The fraction of sp³-hybridized carbons (Fsp3) is 0.400. The summed E-state index contributed by atoms with van der Waals surface area (Å²) in [6, 6.07) is 2.72. The van der Waals surface area contributed by atoms with Crippen LogP contribution in [0.5, 0.6) is 0 Å². The number of carbonyl (C=O) groups excluding carboxylic acids is 1. The van der Waals surface area contributed by atoms with E-state index in [0.29, 0.717) is 5.69 Å². The fourth-order valence-corrected chi connectivity index (χ4v) is 1.29. The molecule has 18 heavy (non-hydrogen) atoms. The van der Waals surface area contributed by atoms with E-state index >= 15 is 0 Å². The van der Waals surface area contributed by atoms with Crippen LogP contribution in [0, 0.1) is 0 Å². The third-order valence-corrected chi connectivity index (χ3v) is 2.14. The monoisotopic (exact) mass is 264 g/mol. The summed E-state index contributed by atoms with van der Waals surface area (Å²) in [6.07, 6.45) is 0.630. The van der Waals surface area contributed by atoms with Crippen molar-refractivity contribution in [3.63, 3.8) is 0 Å². The van der Waals surface area contributed by atoms with E-state index < -0.39 is 22.8 Å². The van der Waals surface area contributed by atoms with Gasteiger partial charge in [-0.15, -0.1) is 0 Å². The van der Waals surface area contributed by atoms with E-state index in [2.05, 4.69) is 10.3 Å². The molecule has 0 spiro atoms. The molecule has 0 bridgehead atoms. The maximum atomic E-state index is 11.4. The molecule has 1 rings (SSSR count). The van der Waals surface area contributed by atoms with E-state index in [4.69, 9.17) is 4.74 Å². The van der Waals surface area contributed by atoms with Crippen molar-refractivity contribution < 1.29 is 37.2 Å². The number of pyridine rings is 1. The smallest absolute Gasteiger partial charge is 0.767 e. The van der Waals surface area contributed by atoms with Gasteiger partial charge in [0.25, 0.3) is 0 Å². The summed E-state index contributed by atoms with van der Waals surface area (Å²) < 4.78 is 26.1. The van der Waals surface area contributed by atoms with Crippen LogP contribution < -0.4 is 24.2 Å². The van der Waals surface area contributed by atoms with Gasteiger partial charge in [0.2, 0.25) is 0 Å². The Kier molecular flexibility index (Phi) is 6.57. The average Bonchev–Trinajstić information content (AvgIpc) is 2.15. The van der Waals surface area contributed by atoms with Crippen molar-refractivity contribution in [3.8, 4) is 0 Å². The van der Waals surface area contributed by atoms with Gasteiger partial charge in [-0.2, -0.15) is 0 Å². The van der Waals surface area contributed by atoms with Crippen LogP contribution in [0.2, 0.25) is 0 Å². The second-order valence-electron chi connectivity index (χ2n) is 4.25. The molecule has 1 aromatic rings. The molecule has 1 heterocycles. The standard InChI is InChI=1S/C10H14N2O4S.Li/c1-10(2,3)16-9(13)12-7-4-5-8(11-6-7)17(14)15;/h4-6H,1-3H3,(H,12,13)(H,14,15);/q;+1/p-1. The van der Waals surface area contributed by atoms with Crippen molar-refractivity contribution in [2.75, 3.05) is 5.32 Å². The molecule has 1 atom stereocenters. The fourth-order valence-electron chi connectivity index (χ4n) is 0.974. The van der Waals surface area contributed by atoms with Crippen LogP contribution in [0.25, 0.3) is 0 Å². The topological polar surface area (TPSA) is 91.3 Å². The molecule has 0 aromatic carbocycles. The van der Waals surface area contributed by atoms with Gasteiger partial charge in [0.15, 0.2) is 0 Å². The zero-order valence-electron chi connectivity index (χ0n) is 10.7. The summed E-state index contributed by atoms with van der Waals surface area (Å²) in [5.41, 5.74) is -0.220. The number of anilines is 1. The minimum Gasteiger partial charge on any atom is -0.767 e. The zero-order valence-corrected chi connectivity index (χ0v) is 11.5. The summed E-state index contributed by atoms with van der Waals surface area (Å²) in [6.45, 7) is 5.23. The van der Waals surface area contributed by atoms with Crippen LogP contribution >= 0.6 is 0 Å². The van der Waals surface area contributed by atoms with Crippen LogP contribution in [0.4, 0.5) is 10.5 Å². The minimum absolute atomic E-state index is 0. The number of hydrogen-bond acceptors (Lipinski definition) is 5. The minimum atomic E-state index is -2.37. The maximum absolute atomic E-state index is 11.4. The molecule has 94 valence electrons. The molecule has 0 aliphatic heterocycles. The molecule has 0 aliphatic rings. The van der Waals surface area contributed by atoms with E-state index in [9.17, 15) is 13.6 Å². The second-order valence-corrected chi connectivity index (χ2v) is 5.13. The first-order valence-electron chi connectivity index (χ1n) is 4.83. The molecule has 8 heteroatoms. The number of amides is 1. The first-order valence-corrected chi connectivity index (χ1v) is 5.91. The number of nitrogens with zero attached hydrogens (tertiary/aromatic N) is 1. The van der Waals surface area contributed by atoms with Crippen LogP contribution in [0.15, 0.2) is 23.4 Å². The quantitative estimate of drug-likeness (QED) is 0.528. The predicted octanol–water partition coefficient (Wildman–Crippen LogP) is -1.33. The molecule has 0 saturated carbocycles. The van der Waals surface area contributed by atoms with Gasteiger partial charge < -0.3 is 9.29 Å². The van der Waals surface area contributed by atoms with E-state index in [0.717, 1.165) is 0 Å². The molecule has 0 fully saturated rings. The van der Waals surface area contributed by atoms with Crippen LogP contribution in [0.1, 0.15) is 20.8 Å². The van der Waals surface area contributed by atoms with Gasteiger partial charge in [-0.3, -0.25) is 9.53 Å². The average molecular weight is 264 g/mol. The Morgan fingerprint density at radius 2 is 2.06 bits per heavy atom. The van der Waals surface area contributed by atoms with Gasteiger partial charge in [-0.25, -0.2) is 9.78 Å². The third-order valence-electron chi connectivity index (χ3n) is 1.55. The summed E-state index contributed by atoms with van der Waals surface area (Å²) in [7, 11) is 0. The molecular weight excluding hydrogens is 251 g/mol. The number of carbonyl (C=O) groups is 1. The van der Waals surface area contributed by atoms with Crippen molar-refractivity contribution in [2.45, 2.75) is 31.4 Å².